The minimum Gasteiger partial charge on any atom is -0.491 e. The van der Waals surface area contributed by atoms with Crippen molar-refractivity contribution in [3.63, 3.8) is 0 Å². The molecule has 0 amide bonds. The van der Waals surface area contributed by atoms with E-state index in [1.54, 1.807) is 11.3 Å². The van der Waals surface area contributed by atoms with Gasteiger partial charge in [-0.25, -0.2) is 0 Å². The molecule has 2 nitrogen and oxygen atoms in total. The summed E-state index contributed by atoms with van der Waals surface area (Å²) in [5, 5.41) is 5.51. The number of ether oxygens (including phenoxy) is 1. The van der Waals surface area contributed by atoms with Crippen LogP contribution in [0.3, 0.4) is 0 Å². The quantitative estimate of drug-likeness (QED) is 0.814. The van der Waals surface area contributed by atoms with Crippen LogP contribution in [0.4, 0.5) is 5.69 Å². The van der Waals surface area contributed by atoms with Crippen LogP contribution in [0.2, 0.25) is 0 Å². The Morgan fingerprint density at radius 1 is 1.33 bits per heavy atom. The highest BCUT2D eigenvalue weighted by atomic mass is 79.9. The summed E-state index contributed by atoms with van der Waals surface area (Å²) in [5.41, 5.74) is 1.05. The van der Waals surface area contributed by atoms with Crippen molar-refractivity contribution in [2.75, 3.05) is 11.9 Å². The highest BCUT2D eigenvalue weighted by Crippen LogP contribution is 2.26. The average molecular weight is 326 g/mol. The van der Waals surface area contributed by atoms with Crippen LogP contribution in [0.25, 0.3) is 0 Å². The van der Waals surface area contributed by atoms with Crippen molar-refractivity contribution in [1.29, 1.82) is 0 Å². The number of thiophene rings is 1. The third-order valence-electron chi connectivity index (χ3n) is 2.42. The first-order chi connectivity index (χ1) is 8.79. The van der Waals surface area contributed by atoms with Crippen molar-refractivity contribution in [3.8, 4) is 5.75 Å². The molecule has 4 heteroatoms. The monoisotopic (exact) mass is 325 g/mol. The minimum atomic E-state index is 0.753. The summed E-state index contributed by atoms with van der Waals surface area (Å²) in [6.45, 7) is 3.69. The van der Waals surface area contributed by atoms with Crippen LogP contribution in [0.5, 0.6) is 5.75 Å². The molecule has 0 bridgehead atoms. The number of hydrogen-bond donors (Lipinski definition) is 1. The number of halogens is 1. The topological polar surface area (TPSA) is 21.3 Å². The Morgan fingerprint density at radius 3 is 2.89 bits per heavy atom. The summed E-state index contributed by atoms with van der Waals surface area (Å²) >= 11 is 5.21. The molecular formula is C14H16BrNOS. The van der Waals surface area contributed by atoms with Gasteiger partial charge in [-0.2, -0.15) is 0 Å². The fourth-order valence-electron chi connectivity index (χ4n) is 1.58. The maximum atomic E-state index is 5.71. The van der Waals surface area contributed by atoms with Gasteiger partial charge in [-0.15, -0.1) is 11.3 Å². The first-order valence-corrected chi connectivity index (χ1v) is 7.65. The van der Waals surface area contributed by atoms with Crippen LogP contribution in [-0.2, 0) is 6.54 Å². The third-order valence-corrected chi connectivity index (χ3v) is 4.12. The molecule has 0 saturated heterocycles. The Kier molecular flexibility index (Phi) is 5.08. The van der Waals surface area contributed by atoms with E-state index in [-0.39, 0.29) is 0 Å². The Balaban J connectivity index is 1.99. The SMILES string of the molecule is CCCOc1ccccc1NCc1cc(Br)cs1. The average Bonchev–Trinajstić information content (AvgIpc) is 2.81. The van der Waals surface area contributed by atoms with Gasteiger partial charge >= 0.3 is 0 Å². The summed E-state index contributed by atoms with van der Waals surface area (Å²) in [6, 6.07) is 10.2. The zero-order valence-electron chi connectivity index (χ0n) is 10.3. The van der Waals surface area contributed by atoms with E-state index < -0.39 is 0 Å². The van der Waals surface area contributed by atoms with Gasteiger partial charge in [0.25, 0.3) is 0 Å². The normalized spacial score (nSPS) is 10.3. The zero-order valence-corrected chi connectivity index (χ0v) is 12.7. The fourth-order valence-corrected chi connectivity index (χ4v) is 2.97. The first kappa shape index (κ1) is 13.4. The summed E-state index contributed by atoms with van der Waals surface area (Å²) in [5.74, 6) is 0.926. The van der Waals surface area contributed by atoms with Crippen molar-refractivity contribution in [2.24, 2.45) is 0 Å². The zero-order chi connectivity index (χ0) is 12.8. The molecule has 0 aliphatic carbocycles. The molecule has 0 unspecified atom stereocenters. The standard InChI is InChI=1S/C14H16BrNOS/c1-2-7-17-14-6-4-3-5-13(14)16-9-12-8-11(15)10-18-12/h3-6,8,10,16H,2,7,9H2,1H3. The van der Waals surface area contributed by atoms with E-state index in [0.29, 0.717) is 0 Å². The molecule has 0 spiro atoms. The van der Waals surface area contributed by atoms with Gasteiger partial charge < -0.3 is 10.1 Å². The lowest BCUT2D eigenvalue weighted by Crippen LogP contribution is -2.02. The highest BCUT2D eigenvalue weighted by molar-refractivity contribution is 9.10. The van der Waals surface area contributed by atoms with Gasteiger partial charge in [0.15, 0.2) is 0 Å². The highest BCUT2D eigenvalue weighted by Gasteiger charge is 2.03. The summed E-state index contributed by atoms with van der Waals surface area (Å²) < 4.78 is 6.85. The largest absolute Gasteiger partial charge is 0.491 e. The first-order valence-electron chi connectivity index (χ1n) is 5.98. The number of benzene rings is 1. The molecule has 0 fully saturated rings. The lowest BCUT2D eigenvalue weighted by molar-refractivity contribution is 0.319. The van der Waals surface area contributed by atoms with Crippen molar-refractivity contribution < 1.29 is 4.74 Å². The second-order valence-electron chi connectivity index (χ2n) is 3.93. The molecule has 1 heterocycles. The maximum Gasteiger partial charge on any atom is 0.142 e. The van der Waals surface area contributed by atoms with E-state index in [2.05, 4.69) is 39.6 Å². The molecule has 1 aromatic heterocycles. The van der Waals surface area contributed by atoms with Crippen LogP contribution in [0.1, 0.15) is 18.2 Å². The van der Waals surface area contributed by atoms with E-state index in [4.69, 9.17) is 4.74 Å². The van der Waals surface area contributed by atoms with Crippen LogP contribution in [0, 0.1) is 0 Å². The molecule has 0 radical (unpaired) electrons. The van der Waals surface area contributed by atoms with Crippen LogP contribution in [0.15, 0.2) is 40.2 Å². The predicted octanol–water partition coefficient (Wildman–Crippen LogP) is 4.91. The van der Waals surface area contributed by atoms with E-state index in [0.717, 1.165) is 35.5 Å². The van der Waals surface area contributed by atoms with E-state index in [1.807, 2.05) is 24.3 Å². The Labute approximate surface area is 120 Å². The molecular weight excluding hydrogens is 310 g/mol. The number of rotatable bonds is 6. The molecule has 2 aromatic rings. The van der Waals surface area contributed by atoms with Gasteiger partial charge in [0, 0.05) is 21.3 Å². The Hall–Kier alpha value is -1.000. The second kappa shape index (κ2) is 6.81. The van der Waals surface area contributed by atoms with E-state index >= 15 is 0 Å². The van der Waals surface area contributed by atoms with Crippen LogP contribution >= 0.6 is 27.3 Å². The molecule has 2 rings (SSSR count). The maximum absolute atomic E-state index is 5.71. The Morgan fingerprint density at radius 2 is 2.17 bits per heavy atom. The number of para-hydroxylation sites is 2. The lowest BCUT2D eigenvalue weighted by Gasteiger charge is -2.12. The molecule has 1 aromatic carbocycles. The van der Waals surface area contributed by atoms with Crippen LogP contribution < -0.4 is 10.1 Å². The molecule has 0 saturated carbocycles. The van der Waals surface area contributed by atoms with Crippen molar-refractivity contribution in [2.45, 2.75) is 19.9 Å². The van der Waals surface area contributed by atoms with Gasteiger partial charge in [0.2, 0.25) is 0 Å². The Bertz CT molecular complexity index is 498. The third kappa shape index (κ3) is 3.75. The van der Waals surface area contributed by atoms with Crippen LogP contribution in [-0.4, -0.2) is 6.61 Å². The molecule has 18 heavy (non-hydrogen) atoms. The van der Waals surface area contributed by atoms with Crippen molar-refractivity contribution >= 4 is 33.0 Å². The fraction of sp³-hybridized carbons (Fsp3) is 0.286. The molecule has 0 atom stereocenters. The van der Waals surface area contributed by atoms with E-state index in [1.165, 1.54) is 4.88 Å². The van der Waals surface area contributed by atoms with Crippen molar-refractivity contribution in [3.05, 3.63) is 45.1 Å². The van der Waals surface area contributed by atoms with E-state index in [9.17, 15) is 0 Å². The predicted molar refractivity (Wildman–Crippen MR) is 81.6 cm³/mol. The number of nitrogens with one attached hydrogen (secondary N) is 1. The van der Waals surface area contributed by atoms with Gasteiger partial charge in [-0.3, -0.25) is 0 Å². The van der Waals surface area contributed by atoms with Gasteiger partial charge in [0.1, 0.15) is 5.75 Å². The molecule has 96 valence electrons. The van der Waals surface area contributed by atoms with Crippen molar-refractivity contribution in [1.82, 2.24) is 0 Å². The number of hydrogen-bond acceptors (Lipinski definition) is 3. The summed E-state index contributed by atoms with van der Waals surface area (Å²) in [4.78, 5) is 1.30. The molecule has 0 aliphatic heterocycles. The summed E-state index contributed by atoms with van der Waals surface area (Å²) in [7, 11) is 0. The minimum absolute atomic E-state index is 0.753. The van der Waals surface area contributed by atoms with Gasteiger partial charge in [-0.05, 0) is 40.5 Å². The smallest absolute Gasteiger partial charge is 0.142 e. The summed E-state index contributed by atoms with van der Waals surface area (Å²) in [6.07, 6.45) is 1.02. The second-order valence-corrected chi connectivity index (χ2v) is 5.84. The van der Waals surface area contributed by atoms with Gasteiger partial charge in [0.05, 0.1) is 12.3 Å². The lowest BCUT2D eigenvalue weighted by atomic mass is 10.3. The number of anilines is 1. The molecule has 0 aliphatic rings. The van der Waals surface area contributed by atoms with Gasteiger partial charge in [-0.1, -0.05) is 19.1 Å². The molecule has 1 N–H and O–H groups in total.